The van der Waals surface area contributed by atoms with Gasteiger partial charge >= 0.3 is 0 Å². The summed E-state index contributed by atoms with van der Waals surface area (Å²) in [5.74, 6) is 0.876. The molecule has 0 aliphatic rings. The van der Waals surface area contributed by atoms with E-state index in [0.717, 1.165) is 30.2 Å². The highest BCUT2D eigenvalue weighted by atomic mass is 32.1. The molecule has 0 radical (unpaired) electrons. The minimum atomic E-state index is 0.740. The van der Waals surface area contributed by atoms with E-state index in [4.69, 9.17) is 5.73 Å². The van der Waals surface area contributed by atoms with E-state index in [0.29, 0.717) is 0 Å². The molecule has 2 N–H and O–H groups in total. The summed E-state index contributed by atoms with van der Waals surface area (Å²) < 4.78 is 0. The fraction of sp³-hybridized carbons (Fsp3) is 0.308. The van der Waals surface area contributed by atoms with Gasteiger partial charge in [0.25, 0.3) is 0 Å². The van der Waals surface area contributed by atoms with E-state index < -0.39 is 0 Å². The number of thiophene rings is 1. The molecule has 2 rings (SSSR count). The zero-order valence-corrected chi connectivity index (χ0v) is 11.0. The summed E-state index contributed by atoms with van der Waals surface area (Å²) in [4.78, 5) is 7.98. The van der Waals surface area contributed by atoms with Crippen molar-refractivity contribution >= 4 is 22.8 Å². The Morgan fingerprint density at radius 2 is 2.18 bits per heavy atom. The highest BCUT2D eigenvalue weighted by Gasteiger charge is 2.07. The molecular weight excluding hydrogens is 230 g/mol. The number of hydrogen-bond acceptors (Lipinski definition) is 4. The van der Waals surface area contributed by atoms with Crippen LogP contribution in [0.3, 0.4) is 0 Å². The Kier molecular flexibility index (Phi) is 3.64. The first-order valence-corrected chi connectivity index (χ1v) is 6.51. The van der Waals surface area contributed by atoms with Crippen molar-refractivity contribution in [1.82, 2.24) is 4.98 Å². The first-order chi connectivity index (χ1) is 8.16. The molecule has 0 atom stereocenters. The second-order valence-electron chi connectivity index (χ2n) is 4.12. The Morgan fingerprint density at radius 1 is 1.35 bits per heavy atom. The van der Waals surface area contributed by atoms with E-state index in [2.05, 4.69) is 27.4 Å². The van der Waals surface area contributed by atoms with Gasteiger partial charge in [0, 0.05) is 24.2 Å². The van der Waals surface area contributed by atoms with Gasteiger partial charge < -0.3 is 10.6 Å². The molecule has 0 aromatic carbocycles. The fourth-order valence-electron chi connectivity index (χ4n) is 1.70. The van der Waals surface area contributed by atoms with Crippen LogP contribution >= 0.6 is 11.3 Å². The van der Waals surface area contributed by atoms with Gasteiger partial charge in [-0.3, -0.25) is 0 Å². The second-order valence-corrected chi connectivity index (χ2v) is 5.15. The van der Waals surface area contributed by atoms with Crippen LogP contribution in [0.25, 0.3) is 0 Å². The summed E-state index contributed by atoms with van der Waals surface area (Å²) in [6.07, 6.45) is 1.03. The van der Waals surface area contributed by atoms with Crippen molar-refractivity contribution in [2.45, 2.75) is 13.3 Å². The van der Waals surface area contributed by atoms with Crippen LogP contribution in [0.2, 0.25) is 0 Å². The van der Waals surface area contributed by atoms with Crippen LogP contribution < -0.4 is 10.6 Å². The topological polar surface area (TPSA) is 42.1 Å². The largest absolute Gasteiger partial charge is 0.396 e. The van der Waals surface area contributed by atoms with Gasteiger partial charge in [0.15, 0.2) is 5.82 Å². The normalized spacial score (nSPS) is 10.5. The van der Waals surface area contributed by atoms with E-state index in [9.17, 15) is 0 Å². The third-order valence-corrected chi connectivity index (χ3v) is 3.62. The van der Waals surface area contributed by atoms with Gasteiger partial charge in [0.1, 0.15) is 0 Å². The summed E-state index contributed by atoms with van der Waals surface area (Å²) in [6, 6.07) is 8.09. The third-order valence-electron chi connectivity index (χ3n) is 2.68. The molecule has 90 valence electrons. The lowest BCUT2D eigenvalue weighted by Gasteiger charge is -2.19. The first-order valence-electron chi connectivity index (χ1n) is 5.63. The van der Waals surface area contributed by atoms with Crippen LogP contribution in [0.4, 0.5) is 11.5 Å². The molecular formula is C13H17N3S. The number of nitrogens with two attached hydrogens (primary N) is 1. The summed E-state index contributed by atoms with van der Waals surface area (Å²) in [5, 5.41) is 2.11. The van der Waals surface area contributed by atoms with Crippen molar-refractivity contribution in [2.75, 3.05) is 24.2 Å². The van der Waals surface area contributed by atoms with E-state index in [1.165, 1.54) is 4.88 Å². The highest BCUT2D eigenvalue weighted by Crippen LogP contribution is 2.20. The lowest BCUT2D eigenvalue weighted by Crippen LogP contribution is -2.22. The van der Waals surface area contributed by atoms with E-state index >= 15 is 0 Å². The monoisotopic (exact) mass is 247 g/mol. The van der Waals surface area contributed by atoms with Crippen LogP contribution in [0, 0.1) is 6.92 Å². The van der Waals surface area contributed by atoms with Gasteiger partial charge in [0.05, 0.1) is 5.69 Å². The van der Waals surface area contributed by atoms with Crippen molar-refractivity contribution in [3.8, 4) is 0 Å². The van der Waals surface area contributed by atoms with Crippen molar-refractivity contribution in [3.05, 3.63) is 40.2 Å². The summed E-state index contributed by atoms with van der Waals surface area (Å²) >= 11 is 1.79. The molecule has 0 bridgehead atoms. The minimum Gasteiger partial charge on any atom is -0.396 e. The molecule has 2 heterocycles. The van der Waals surface area contributed by atoms with Crippen molar-refractivity contribution in [2.24, 2.45) is 0 Å². The smallest absolute Gasteiger partial charge is 0.151 e. The Morgan fingerprint density at radius 3 is 2.88 bits per heavy atom. The molecule has 0 spiro atoms. The van der Waals surface area contributed by atoms with Gasteiger partial charge in [-0.1, -0.05) is 6.07 Å². The van der Waals surface area contributed by atoms with Crippen LogP contribution in [0.1, 0.15) is 10.6 Å². The predicted octanol–water partition coefficient (Wildman–Crippen LogP) is 2.71. The molecule has 17 heavy (non-hydrogen) atoms. The average molecular weight is 247 g/mol. The first kappa shape index (κ1) is 11.9. The number of pyridine rings is 1. The average Bonchev–Trinajstić information content (AvgIpc) is 2.82. The van der Waals surface area contributed by atoms with Crippen LogP contribution in [-0.2, 0) is 6.42 Å². The highest BCUT2D eigenvalue weighted by molar-refractivity contribution is 7.09. The lowest BCUT2D eigenvalue weighted by molar-refractivity contribution is 0.867. The molecule has 2 aromatic rings. The van der Waals surface area contributed by atoms with E-state index in [1.807, 2.05) is 26.1 Å². The molecule has 3 nitrogen and oxygen atoms in total. The van der Waals surface area contributed by atoms with Crippen molar-refractivity contribution in [1.29, 1.82) is 0 Å². The van der Waals surface area contributed by atoms with Crippen LogP contribution in [0.5, 0.6) is 0 Å². The maximum Gasteiger partial charge on any atom is 0.151 e. The standard InChI is InChI=1S/C13H17N3S/c1-10-5-6-12(14)13(15-10)16(2)8-7-11-4-3-9-17-11/h3-6,9H,7-8,14H2,1-2H3. The third kappa shape index (κ3) is 2.97. The summed E-state index contributed by atoms with van der Waals surface area (Å²) in [6.45, 7) is 2.91. The molecule has 0 amide bonds. The minimum absolute atomic E-state index is 0.740. The number of nitrogen functional groups attached to an aromatic ring is 1. The van der Waals surface area contributed by atoms with Gasteiger partial charge in [-0.25, -0.2) is 4.98 Å². The molecule has 0 saturated heterocycles. The molecule has 0 unspecified atom stereocenters. The summed E-state index contributed by atoms with van der Waals surface area (Å²) in [5.41, 5.74) is 7.68. The van der Waals surface area contributed by atoms with Crippen molar-refractivity contribution in [3.63, 3.8) is 0 Å². The Hall–Kier alpha value is -1.55. The Labute approximate surface area is 106 Å². The number of aryl methyl sites for hydroxylation is 1. The second kappa shape index (κ2) is 5.19. The number of aromatic nitrogens is 1. The van der Waals surface area contributed by atoms with Gasteiger partial charge in [-0.2, -0.15) is 0 Å². The molecule has 2 aromatic heterocycles. The number of anilines is 2. The quantitative estimate of drug-likeness (QED) is 0.903. The van der Waals surface area contributed by atoms with Gasteiger partial charge in [-0.15, -0.1) is 11.3 Å². The zero-order valence-electron chi connectivity index (χ0n) is 10.2. The molecule has 0 fully saturated rings. The van der Waals surface area contributed by atoms with Gasteiger partial charge in [-0.05, 0) is 36.9 Å². The SMILES string of the molecule is Cc1ccc(N)c(N(C)CCc2cccs2)n1. The van der Waals surface area contributed by atoms with Crippen LogP contribution in [-0.4, -0.2) is 18.6 Å². The maximum atomic E-state index is 5.94. The van der Waals surface area contributed by atoms with E-state index in [1.54, 1.807) is 11.3 Å². The van der Waals surface area contributed by atoms with Crippen molar-refractivity contribution < 1.29 is 0 Å². The zero-order chi connectivity index (χ0) is 12.3. The number of nitrogens with zero attached hydrogens (tertiary/aromatic N) is 2. The van der Waals surface area contributed by atoms with Crippen LogP contribution in [0.15, 0.2) is 29.6 Å². The Balaban J connectivity index is 2.04. The number of rotatable bonds is 4. The molecule has 4 heteroatoms. The fourth-order valence-corrected chi connectivity index (χ4v) is 2.40. The molecule has 0 aliphatic carbocycles. The number of likely N-dealkylation sites (N-methyl/N-ethyl adjacent to an activating group) is 1. The molecule has 0 saturated carbocycles. The lowest BCUT2D eigenvalue weighted by atomic mass is 10.3. The number of hydrogen-bond donors (Lipinski definition) is 1. The van der Waals surface area contributed by atoms with Gasteiger partial charge in [0.2, 0.25) is 0 Å². The Bertz CT molecular complexity index is 479. The maximum absolute atomic E-state index is 5.94. The molecule has 0 aliphatic heterocycles. The summed E-state index contributed by atoms with van der Waals surface area (Å²) in [7, 11) is 2.03. The van der Waals surface area contributed by atoms with E-state index in [-0.39, 0.29) is 0 Å². The predicted molar refractivity (Wildman–Crippen MR) is 74.7 cm³/mol.